The first kappa shape index (κ1) is 9.98. The third kappa shape index (κ3) is 2.42. The standard InChI is InChI=1S/C8H13NO4/c1-9-3-5(7(10)11)2-6(4-9)8(12)13/h5-6H,2-4H2,1H3,(H,10,11)(H,12,13)/t5-,6-/m0/s1. The van der Waals surface area contributed by atoms with Crippen LogP contribution >= 0.6 is 0 Å². The molecule has 0 saturated carbocycles. The summed E-state index contributed by atoms with van der Waals surface area (Å²) in [5.74, 6) is -2.89. The molecule has 1 rings (SSSR count). The molecule has 2 atom stereocenters. The van der Waals surface area contributed by atoms with Crippen molar-refractivity contribution in [2.75, 3.05) is 20.1 Å². The van der Waals surface area contributed by atoms with E-state index in [0.717, 1.165) is 0 Å². The maximum absolute atomic E-state index is 10.6. The molecule has 1 fully saturated rings. The summed E-state index contributed by atoms with van der Waals surface area (Å²) >= 11 is 0. The van der Waals surface area contributed by atoms with E-state index in [0.29, 0.717) is 13.1 Å². The molecule has 13 heavy (non-hydrogen) atoms. The highest BCUT2D eigenvalue weighted by molar-refractivity contribution is 5.74. The predicted molar refractivity (Wildman–Crippen MR) is 44.4 cm³/mol. The third-order valence-electron chi connectivity index (χ3n) is 2.33. The second-order valence-electron chi connectivity index (χ2n) is 3.53. The van der Waals surface area contributed by atoms with E-state index in [-0.39, 0.29) is 6.42 Å². The molecule has 0 aromatic carbocycles. The van der Waals surface area contributed by atoms with E-state index in [2.05, 4.69) is 0 Å². The molecule has 5 heteroatoms. The summed E-state index contributed by atoms with van der Waals surface area (Å²) in [6.07, 6.45) is 0.245. The van der Waals surface area contributed by atoms with Gasteiger partial charge >= 0.3 is 11.9 Å². The molecule has 0 amide bonds. The summed E-state index contributed by atoms with van der Waals surface area (Å²) < 4.78 is 0. The minimum atomic E-state index is -0.905. The van der Waals surface area contributed by atoms with Gasteiger partial charge in [-0.25, -0.2) is 0 Å². The maximum atomic E-state index is 10.6. The molecule has 1 aliphatic rings. The van der Waals surface area contributed by atoms with Gasteiger partial charge in [0.2, 0.25) is 0 Å². The first-order valence-electron chi connectivity index (χ1n) is 4.15. The lowest BCUT2D eigenvalue weighted by Crippen LogP contribution is -2.43. The molecule has 1 aliphatic heterocycles. The van der Waals surface area contributed by atoms with Crippen LogP contribution in [0.2, 0.25) is 0 Å². The van der Waals surface area contributed by atoms with Crippen molar-refractivity contribution >= 4 is 11.9 Å². The van der Waals surface area contributed by atoms with Crippen molar-refractivity contribution < 1.29 is 19.8 Å². The van der Waals surface area contributed by atoms with E-state index >= 15 is 0 Å². The monoisotopic (exact) mass is 187 g/mol. The Labute approximate surface area is 76.0 Å². The SMILES string of the molecule is CN1C[C@@H](C(=O)O)C[C@H](C(=O)O)C1. The Morgan fingerprint density at radius 1 is 1.15 bits per heavy atom. The average Bonchev–Trinajstić information content (AvgIpc) is 2.03. The Bertz CT molecular complexity index is 206. The Balaban J connectivity index is 2.62. The summed E-state index contributed by atoms with van der Waals surface area (Å²) in [5, 5.41) is 17.5. The summed E-state index contributed by atoms with van der Waals surface area (Å²) in [7, 11) is 1.74. The van der Waals surface area contributed by atoms with Gasteiger partial charge in [-0.15, -0.1) is 0 Å². The highest BCUT2D eigenvalue weighted by Gasteiger charge is 2.33. The molecule has 0 bridgehead atoms. The fourth-order valence-corrected chi connectivity index (χ4v) is 1.68. The van der Waals surface area contributed by atoms with Crippen LogP contribution in [0.25, 0.3) is 0 Å². The zero-order valence-electron chi connectivity index (χ0n) is 7.43. The third-order valence-corrected chi connectivity index (χ3v) is 2.33. The van der Waals surface area contributed by atoms with E-state index in [1.165, 1.54) is 0 Å². The lowest BCUT2D eigenvalue weighted by Gasteiger charge is -2.31. The number of carboxylic acids is 2. The molecule has 0 radical (unpaired) electrons. The molecular weight excluding hydrogens is 174 g/mol. The summed E-state index contributed by atoms with van der Waals surface area (Å²) in [6, 6.07) is 0. The van der Waals surface area contributed by atoms with Crippen molar-refractivity contribution in [3.8, 4) is 0 Å². The quantitative estimate of drug-likeness (QED) is 0.621. The number of likely N-dealkylation sites (tertiary alicyclic amines) is 1. The number of hydrogen-bond donors (Lipinski definition) is 2. The highest BCUT2D eigenvalue weighted by Crippen LogP contribution is 2.21. The summed E-state index contributed by atoms with van der Waals surface area (Å²) in [5.41, 5.74) is 0. The molecular formula is C8H13NO4. The van der Waals surface area contributed by atoms with Gasteiger partial charge in [-0.2, -0.15) is 0 Å². The molecule has 5 nitrogen and oxygen atoms in total. The number of nitrogens with zero attached hydrogens (tertiary/aromatic N) is 1. The van der Waals surface area contributed by atoms with Crippen LogP contribution in [0.5, 0.6) is 0 Å². The number of carbonyl (C=O) groups is 2. The zero-order valence-corrected chi connectivity index (χ0v) is 7.43. The Morgan fingerprint density at radius 2 is 1.54 bits per heavy atom. The Hall–Kier alpha value is -1.10. The minimum Gasteiger partial charge on any atom is -0.481 e. The molecule has 0 aliphatic carbocycles. The van der Waals surface area contributed by atoms with Crippen molar-refractivity contribution in [3.63, 3.8) is 0 Å². The largest absolute Gasteiger partial charge is 0.481 e. The van der Waals surface area contributed by atoms with Crippen molar-refractivity contribution in [2.45, 2.75) is 6.42 Å². The van der Waals surface area contributed by atoms with Crippen molar-refractivity contribution in [1.29, 1.82) is 0 Å². The van der Waals surface area contributed by atoms with Crippen LogP contribution in [0.4, 0.5) is 0 Å². The van der Waals surface area contributed by atoms with E-state index in [4.69, 9.17) is 10.2 Å². The first-order chi connectivity index (χ1) is 6.00. The Morgan fingerprint density at radius 3 is 1.85 bits per heavy atom. The number of hydrogen-bond acceptors (Lipinski definition) is 3. The minimum absolute atomic E-state index is 0.245. The van der Waals surface area contributed by atoms with Gasteiger partial charge in [0.15, 0.2) is 0 Å². The molecule has 0 aromatic rings. The van der Waals surface area contributed by atoms with Gasteiger partial charge in [0, 0.05) is 13.1 Å². The normalized spacial score (nSPS) is 29.9. The fourth-order valence-electron chi connectivity index (χ4n) is 1.68. The summed E-state index contributed by atoms with van der Waals surface area (Å²) in [6.45, 7) is 0.887. The van der Waals surface area contributed by atoms with Crippen molar-refractivity contribution in [3.05, 3.63) is 0 Å². The van der Waals surface area contributed by atoms with Gasteiger partial charge in [0.1, 0.15) is 0 Å². The zero-order chi connectivity index (χ0) is 10.0. The second kappa shape index (κ2) is 3.74. The van der Waals surface area contributed by atoms with Gasteiger partial charge in [-0.05, 0) is 13.5 Å². The van der Waals surface area contributed by atoms with Gasteiger partial charge < -0.3 is 15.1 Å². The number of piperidine rings is 1. The van der Waals surface area contributed by atoms with Crippen LogP contribution in [0, 0.1) is 11.8 Å². The molecule has 0 aromatic heterocycles. The van der Waals surface area contributed by atoms with Crippen molar-refractivity contribution in [2.24, 2.45) is 11.8 Å². The molecule has 74 valence electrons. The highest BCUT2D eigenvalue weighted by atomic mass is 16.4. The molecule has 0 spiro atoms. The molecule has 1 heterocycles. The Kier molecular flexibility index (Phi) is 2.87. The number of rotatable bonds is 2. The smallest absolute Gasteiger partial charge is 0.307 e. The van der Waals surface area contributed by atoms with E-state index < -0.39 is 23.8 Å². The van der Waals surface area contributed by atoms with Crippen LogP contribution in [0.15, 0.2) is 0 Å². The van der Waals surface area contributed by atoms with E-state index in [9.17, 15) is 9.59 Å². The predicted octanol–water partition coefficient (Wildman–Crippen LogP) is -0.276. The van der Waals surface area contributed by atoms with E-state index in [1.54, 1.807) is 11.9 Å². The topological polar surface area (TPSA) is 77.8 Å². The molecule has 1 saturated heterocycles. The van der Waals surface area contributed by atoms with Gasteiger partial charge in [0.05, 0.1) is 11.8 Å². The summed E-state index contributed by atoms with van der Waals surface area (Å²) in [4.78, 5) is 23.0. The van der Waals surface area contributed by atoms with Gasteiger partial charge in [0.25, 0.3) is 0 Å². The molecule has 2 N–H and O–H groups in total. The first-order valence-corrected chi connectivity index (χ1v) is 4.15. The van der Waals surface area contributed by atoms with Crippen LogP contribution in [0.1, 0.15) is 6.42 Å². The number of carboxylic acid groups (broad SMARTS) is 2. The lowest BCUT2D eigenvalue weighted by atomic mass is 9.90. The van der Waals surface area contributed by atoms with Gasteiger partial charge in [-0.3, -0.25) is 9.59 Å². The maximum Gasteiger partial charge on any atom is 0.307 e. The lowest BCUT2D eigenvalue weighted by molar-refractivity contribution is -0.149. The average molecular weight is 187 g/mol. The van der Waals surface area contributed by atoms with Crippen LogP contribution in [0.3, 0.4) is 0 Å². The van der Waals surface area contributed by atoms with Crippen LogP contribution < -0.4 is 0 Å². The van der Waals surface area contributed by atoms with E-state index in [1.807, 2.05) is 0 Å². The fraction of sp³-hybridized carbons (Fsp3) is 0.750. The van der Waals surface area contributed by atoms with Gasteiger partial charge in [-0.1, -0.05) is 0 Å². The molecule has 0 unspecified atom stereocenters. The van der Waals surface area contributed by atoms with Crippen LogP contribution in [-0.4, -0.2) is 47.2 Å². The second-order valence-corrected chi connectivity index (χ2v) is 3.53. The van der Waals surface area contributed by atoms with Crippen LogP contribution in [-0.2, 0) is 9.59 Å². The van der Waals surface area contributed by atoms with Crippen molar-refractivity contribution in [1.82, 2.24) is 4.90 Å². The number of aliphatic carboxylic acids is 2.